The average molecular weight is 577 g/mol. The van der Waals surface area contributed by atoms with Gasteiger partial charge in [-0.2, -0.15) is 8.78 Å². The summed E-state index contributed by atoms with van der Waals surface area (Å²) in [4.78, 5) is 0. The lowest BCUT2D eigenvalue weighted by Crippen LogP contribution is -2.26. The van der Waals surface area contributed by atoms with Crippen LogP contribution < -0.4 is 15.8 Å². The quantitative estimate of drug-likeness (QED) is 0.250. The van der Waals surface area contributed by atoms with Gasteiger partial charge in [0.05, 0.1) is 5.02 Å². The summed E-state index contributed by atoms with van der Waals surface area (Å²) in [6, 6.07) is 14.2. The molecule has 1 saturated carbocycles. The third-order valence-corrected chi connectivity index (χ3v) is 7.60. The number of rotatable bonds is 9. The van der Waals surface area contributed by atoms with Crippen LogP contribution in [0.5, 0.6) is 5.75 Å². The third-order valence-electron chi connectivity index (χ3n) is 7.23. The summed E-state index contributed by atoms with van der Waals surface area (Å²) in [5.74, 6) is -2.53. The van der Waals surface area contributed by atoms with Crippen molar-refractivity contribution in [3.63, 3.8) is 0 Å². The first-order valence-corrected chi connectivity index (χ1v) is 14.0. The fourth-order valence-electron chi connectivity index (χ4n) is 5.17. The van der Waals surface area contributed by atoms with Crippen LogP contribution in [0.3, 0.4) is 0 Å². The molecule has 3 aromatic rings. The second-order valence-corrected chi connectivity index (χ2v) is 10.2. The first kappa shape index (κ1) is 31.5. The minimum atomic E-state index is -3.24. The highest BCUT2D eigenvalue weighted by molar-refractivity contribution is 6.34. The fourth-order valence-corrected chi connectivity index (χ4v) is 5.44. The SMILES string of the molecule is C=C(N)c1ccc(OC(F)F)c(F)c1-c1c(Cl)c(F)cc(CCc2ccccc2)c1CC.CNC1CCCCC1. The van der Waals surface area contributed by atoms with Crippen LogP contribution in [0.1, 0.15) is 61.3 Å². The molecule has 1 fully saturated rings. The van der Waals surface area contributed by atoms with Crippen molar-refractivity contribution in [2.75, 3.05) is 7.05 Å². The Hall–Kier alpha value is -3.03. The molecule has 1 aliphatic carbocycles. The van der Waals surface area contributed by atoms with Gasteiger partial charge in [0.2, 0.25) is 0 Å². The maximum absolute atomic E-state index is 15.4. The first-order valence-electron chi connectivity index (χ1n) is 13.6. The molecule has 1 aliphatic rings. The van der Waals surface area contributed by atoms with E-state index < -0.39 is 24.0 Å². The summed E-state index contributed by atoms with van der Waals surface area (Å²) in [7, 11) is 2.07. The van der Waals surface area contributed by atoms with E-state index in [-0.39, 0.29) is 27.4 Å². The molecule has 0 radical (unpaired) electrons. The Kier molecular flexibility index (Phi) is 11.9. The van der Waals surface area contributed by atoms with Crippen LogP contribution >= 0.6 is 11.6 Å². The summed E-state index contributed by atoms with van der Waals surface area (Å²) < 4.78 is 60.2. The second-order valence-electron chi connectivity index (χ2n) is 9.85. The number of benzene rings is 3. The highest BCUT2D eigenvalue weighted by atomic mass is 35.5. The van der Waals surface area contributed by atoms with Crippen LogP contribution in [0.2, 0.25) is 5.02 Å². The highest BCUT2D eigenvalue weighted by Gasteiger charge is 2.26. The summed E-state index contributed by atoms with van der Waals surface area (Å²) >= 11 is 6.31. The Labute approximate surface area is 239 Å². The summed E-state index contributed by atoms with van der Waals surface area (Å²) in [5.41, 5.74) is 8.10. The zero-order chi connectivity index (χ0) is 29.2. The smallest absolute Gasteiger partial charge is 0.387 e. The molecule has 4 rings (SSSR count). The number of hydrogen-bond acceptors (Lipinski definition) is 3. The van der Waals surface area contributed by atoms with Crippen LogP contribution in [-0.4, -0.2) is 19.7 Å². The van der Waals surface area contributed by atoms with E-state index in [1.54, 1.807) is 0 Å². The number of aryl methyl sites for hydroxylation is 2. The van der Waals surface area contributed by atoms with E-state index >= 15 is 4.39 Å². The Morgan fingerprint density at radius 2 is 1.73 bits per heavy atom. The zero-order valence-corrected chi connectivity index (χ0v) is 23.8. The molecule has 0 amide bonds. The van der Waals surface area contributed by atoms with Gasteiger partial charge in [-0.1, -0.05) is 74.7 Å². The molecule has 3 nitrogen and oxygen atoms in total. The van der Waals surface area contributed by atoms with Crippen LogP contribution in [-0.2, 0) is 19.3 Å². The normalized spacial score (nSPS) is 13.6. The molecule has 8 heteroatoms. The number of hydrogen-bond donors (Lipinski definition) is 2. The predicted molar refractivity (Wildman–Crippen MR) is 156 cm³/mol. The molecule has 3 N–H and O–H groups in total. The molecule has 40 heavy (non-hydrogen) atoms. The topological polar surface area (TPSA) is 47.3 Å². The molecule has 3 aromatic carbocycles. The third kappa shape index (κ3) is 8.01. The lowest BCUT2D eigenvalue weighted by Gasteiger charge is -2.21. The molecular formula is C32H37ClF4N2O. The van der Waals surface area contributed by atoms with E-state index in [2.05, 4.69) is 23.7 Å². The first-order chi connectivity index (χ1) is 19.2. The van der Waals surface area contributed by atoms with E-state index in [1.807, 2.05) is 37.3 Å². The van der Waals surface area contributed by atoms with Crippen molar-refractivity contribution in [1.82, 2.24) is 5.32 Å². The number of alkyl halides is 2. The molecule has 0 unspecified atom stereocenters. The molecule has 0 spiro atoms. The minimum absolute atomic E-state index is 0.0179. The molecular weight excluding hydrogens is 540 g/mol. The van der Waals surface area contributed by atoms with Crippen LogP contribution in [0, 0.1) is 11.6 Å². The van der Waals surface area contributed by atoms with Crippen LogP contribution in [0.25, 0.3) is 16.8 Å². The van der Waals surface area contributed by atoms with Crippen LogP contribution in [0.15, 0.2) is 55.1 Å². The zero-order valence-electron chi connectivity index (χ0n) is 23.0. The van der Waals surface area contributed by atoms with Gasteiger partial charge >= 0.3 is 6.61 Å². The van der Waals surface area contributed by atoms with Gasteiger partial charge in [-0.05, 0) is 74.0 Å². The lowest BCUT2D eigenvalue weighted by atomic mass is 9.87. The molecule has 0 aliphatic heterocycles. The molecule has 0 heterocycles. The fraction of sp³-hybridized carbons (Fsp3) is 0.375. The average Bonchev–Trinajstić information content (AvgIpc) is 2.95. The van der Waals surface area contributed by atoms with Crippen molar-refractivity contribution < 1.29 is 22.3 Å². The summed E-state index contributed by atoms with van der Waals surface area (Å²) in [5, 5.41) is 2.99. The van der Waals surface area contributed by atoms with Crippen molar-refractivity contribution in [2.45, 2.75) is 70.9 Å². The van der Waals surface area contributed by atoms with Crippen molar-refractivity contribution in [3.05, 3.63) is 94.0 Å². The number of halogens is 5. The van der Waals surface area contributed by atoms with E-state index in [9.17, 15) is 13.2 Å². The van der Waals surface area contributed by atoms with E-state index in [0.29, 0.717) is 30.4 Å². The van der Waals surface area contributed by atoms with Gasteiger partial charge < -0.3 is 15.8 Å². The Morgan fingerprint density at radius 3 is 2.27 bits per heavy atom. The molecule has 216 valence electrons. The molecule has 0 aromatic heterocycles. The standard InChI is InChI=1S/C25H22ClF4NO.C7H15N/c1-3-17-16(10-9-15-7-5-4-6-8-15)13-19(27)23(26)21(17)22-18(14(2)31)11-12-20(24(22)28)32-25(29)30;1-8-7-5-3-2-4-6-7/h4-8,11-13,25H,2-3,9-10,31H2,1H3;7-8H,2-6H2,1H3. The van der Waals surface area contributed by atoms with Crippen molar-refractivity contribution in [2.24, 2.45) is 5.73 Å². The van der Waals surface area contributed by atoms with Crippen LogP contribution in [0.4, 0.5) is 17.6 Å². The van der Waals surface area contributed by atoms with Crippen molar-refractivity contribution in [1.29, 1.82) is 0 Å². The van der Waals surface area contributed by atoms with Gasteiger partial charge in [-0.15, -0.1) is 0 Å². The van der Waals surface area contributed by atoms with Gasteiger partial charge in [0.15, 0.2) is 11.6 Å². The number of nitrogens with two attached hydrogens (primary N) is 1. The van der Waals surface area contributed by atoms with E-state index in [1.165, 1.54) is 44.2 Å². The monoisotopic (exact) mass is 576 g/mol. The Morgan fingerprint density at radius 1 is 1.05 bits per heavy atom. The molecule has 0 bridgehead atoms. The highest BCUT2D eigenvalue weighted by Crippen LogP contribution is 2.43. The van der Waals surface area contributed by atoms with Gasteiger partial charge in [0.25, 0.3) is 0 Å². The van der Waals surface area contributed by atoms with Gasteiger partial charge in [0.1, 0.15) is 5.82 Å². The van der Waals surface area contributed by atoms with Crippen molar-refractivity contribution in [3.8, 4) is 16.9 Å². The van der Waals surface area contributed by atoms with Gasteiger partial charge in [-0.25, -0.2) is 8.78 Å². The van der Waals surface area contributed by atoms with E-state index in [0.717, 1.165) is 17.7 Å². The van der Waals surface area contributed by atoms with Gasteiger partial charge in [0, 0.05) is 28.4 Å². The van der Waals surface area contributed by atoms with Crippen molar-refractivity contribution >= 4 is 17.3 Å². The maximum Gasteiger partial charge on any atom is 0.387 e. The van der Waals surface area contributed by atoms with E-state index in [4.69, 9.17) is 17.3 Å². The number of ether oxygens (including phenoxy) is 1. The Balaban J connectivity index is 0.000000472. The number of nitrogens with one attached hydrogen (secondary N) is 1. The second kappa shape index (κ2) is 15.1. The molecule has 0 saturated heterocycles. The summed E-state index contributed by atoms with van der Waals surface area (Å²) in [6.45, 7) is 2.22. The largest absolute Gasteiger partial charge is 0.432 e. The predicted octanol–water partition coefficient (Wildman–Crippen LogP) is 8.70. The summed E-state index contributed by atoms with van der Waals surface area (Å²) in [6.07, 6.45) is 8.63. The maximum atomic E-state index is 15.4. The Bertz CT molecular complexity index is 1280. The molecule has 0 atom stereocenters. The minimum Gasteiger partial charge on any atom is -0.432 e. The van der Waals surface area contributed by atoms with Gasteiger partial charge in [-0.3, -0.25) is 0 Å². The lowest BCUT2D eigenvalue weighted by molar-refractivity contribution is -0.0521.